The molecule has 0 bridgehead atoms. The van der Waals surface area contributed by atoms with Crippen LogP contribution in [0, 0.1) is 0 Å². The number of likely N-dealkylation sites (tertiary alicyclic amines) is 1. The smallest absolute Gasteiger partial charge is 0.253 e. The number of imidazole rings is 1. The van der Waals surface area contributed by atoms with Crippen LogP contribution >= 0.6 is 0 Å². The second-order valence-corrected chi connectivity index (χ2v) is 9.51. The minimum absolute atomic E-state index is 0.0465. The van der Waals surface area contributed by atoms with Crippen LogP contribution in [0.3, 0.4) is 0 Å². The van der Waals surface area contributed by atoms with E-state index in [1.165, 1.54) is 0 Å². The Kier molecular flexibility index (Phi) is 5.49. The predicted molar refractivity (Wildman–Crippen MR) is 110 cm³/mol. The zero-order chi connectivity index (χ0) is 20.3. The maximum atomic E-state index is 12.8. The highest BCUT2D eigenvalue weighted by Gasteiger charge is 2.32. The van der Waals surface area contributed by atoms with E-state index in [4.69, 9.17) is 0 Å². The van der Waals surface area contributed by atoms with E-state index in [2.05, 4.69) is 4.98 Å². The average molecular weight is 410 g/mol. The molecule has 1 aliphatic rings. The molecular formula is C22H23N3O3S. The Morgan fingerprint density at radius 1 is 1.00 bits per heavy atom. The molecule has 0 radical (unpaired) electrons. The van der Waals surface area contributed by atoms with Gasteiger partial charge in [-0.3, -0.25) is 4.79 Å². The molecule has 1 amide bonds. The largest absolute Gasteiger partial charge is 0.339 e. The summed E-state index contributed by atoms with van der Waals surface area (Å²) < 4.78 is 27.6. The maximum absolute atomic E-state index is 12.8. The molecule has 2 heterocycles. The highest BCUT2D eigenvalue weighted by Crippen LogP contribution is 2.25. The van der Waals surface area contributed by atoms with Crippen molar-refractivity contribution in [1.29, 1.82) is 0 Å². The minimum Gasteiger partial charge on any atom is -0.339 e. The summed E-state index contributed by atoms with van der Waals surface area (Å²) >= 11 is 0. The number of sulfone groups is 1. The maximum Gasteiger partial charge on any atom is 0.253 e. The second kappa shape index (κ2) is 8.21. The van der Waals surface area contributed by atoms with Crippen molar-refractivity contribution in [2.45, 2.75) is 29.5 Å². The summed E-state index contributed by atoms with van der Waals surface area (Å²) in [5.74, 6) is -0.0465. The first-order valence-electron chi connectivity index (χ1n) is 9.67. The Morgan fingerprint density at radius 3 is 2.31 bits per heavy atom. The third kappa shape index (κ3) is 4.24. The second-order valence-electron chi connectivity index (χ2n) is 7.28. The zero-order valence-corrected chi connectivity index (χ0v) is 16.8. The van der Waals surface area contributed by atoms with Crippen molar-refractivity contribution in [3.63, 3.8) is 0 Å². The van der Waals surface area contributed by atoms with Gasteiger partial charge in [-0.2, -0.15) is 0 Å². The molecule has 1 aliphatic heterocycles. The van der Waals surface area contributed by atoms with Crippen molar-refractivity contribution < 1.29 is 13.2 Å². The van der Waals surface area contributed by atoms with Gasteiger partial charge in [0.05, 0.1) is 16.5 Å². The first-order valence-corrected chi connectivity index (χ1v) is 11.2. The number of hydrogen-bond donors (Lipinski definition) is 0. The summed E-state index contributed by atoms with van der Waals surface area (Å²) in [6.45, 7) is 1.61. The van der Waals surface area contributed by atoms with Gasteiger partial charge in [-0.1, -0.05) is 30.3 Å². The lowest BCUT2D eigenvalue weighted by Gasteiger charge is -2.31. The Bertz CT molecular complexity index is 1050. The van der Waals surface area contributed by atoms with Gasteiger partial charge in [0.1, 0.15) is 0 Å². The van der Waals surface area contributed by atoms with E-state index in [9.17, 15) is 13.2 Å². The lowest BCUT2D eigenvalue weighted by molar-refractivity contribution is 0.0725. The fourth-order valence-corrected chi connectivity index (χ4v) is 5.45. The van der Waals surface area contributed by atoms with Crippen LogP contribution in [0.4, 0.5) is 0 Å². The molecule has 150 valence electrons. The number of nitrogens with zero attached hydrogens (tertiary/aromatic N) is 3. The number of hydrogen-bond acceptors (Lipinski definition) is 4. The molecular weight excluding hydrogens is 386 g/mol. The van der Waals surface area contributed by atoms with Crippen LogP contribution < -0.4 is 0 Å². The van der Waals surface area contributed by atoms with Crippen molar-refractivity contribution in [2.75, 3.05) is 13.1 Å². The fraction of sp³-hybridized carbons (Fsp3) is 0.273. The number of aromatic nitrogens is 2. The van der Waals surface area contributed by atoms with Gasteiger partial charge in [0.15, 0.2) is 9.84 Å². The SMILES string of the molecule is O=C(c1ccc(Cn2ccnc2)cc1)N1CCC(S(=O)(=O)c2ccccc2)CC1. The molecule has 0 unspecified atom stereocenters. The van der Waals surface area contributed by atoms with Crippen molar-refractivity contribution >= 4 is 15.7 Å². The van der Waals surface area contributed by atoms with E-state index >= 15 is 0 Å². The van der Waals surface area contributed by atoms with E-state index < -0.39 is 15.1 Å². The van der Waals surface area contributed by atoms with Gasteiger partial charge in [-0.15, -0.1) is 0 Å². The molecule has 4 rings (SSSR count). The zero-order valence-electron chi connectivity index (χ0n) is 16.0. The number of piperidine rings is 1. The van der Waals surface area contributed by atoms with Crippen LogP contribution in [0.25, 0.3) is 0 Å². The summed E-state index contributed by atoms with van der Waals surface area (Å²) in [6, 6.07) is 16.1. The summed E-state index contributed by atoms with van der Waals surface area (Å²) in [5.41, 5.74) is 1.72. The van der Waals surface area contributed by atoms with Crippen molar-refractivity contribution in [2.24, 2.45) is 0 Å². The lowest BCUT2D eigenvalue weighted by Crippen LogP contribution is -2.42. The Labute approximate surface area is 170 Å². The molecule has 2 aromatic carbocycles. The number of benzene rings is 2. The molecule has 6 nitrogen and oxygen atoms in total. The fourth-order valence-electron chi connectivity index (χ4n) is 3.70. The third-order valence-electron chi connectivity index (χ3n) is 5.36. The molecule has 29 heavy (non-hydrogen) atoms. The molecule has 0 spiro atoms. The molecule has 3 aromatic rings. The standard InChI is InChI=1S/C22H23N3O3S/c26-22(19-8-6-18(7-9-19)16-24-15-12-23-17-24)25-13-10-21(11-14-25)29(27,28)20-4-2-1-3-5-20/h1-9,12,15,17,21H,10-11,13-14,16H2. The van der Waals surface area contributed by atoms with E-state index in [0.717, 1.165) is 5.56 Å². The molecule has 1 saturated heterocycles. The molecule has 0 saturated carbocycles. The molecule has 0 aliphatic carbocycles. The summed E-state index contributed by atoms with van der Waals surface area (Å²) in [4.78, 5) is 19.0. The number of carbonyl (C=O) groups excluding carboxylic acids is 1. The number of rotatable bonds is 5. The van der Waals surface area contributed by atoms with Gasteiger partial charge < -0.3 is 9.47 Å². The van der Waals surface area contributed by atoms with Crippen LogP contribution in [-0.4, -0.2) is 47.1 Å². The number of carbonyl (C=O) groups is 1. The Morgan fingerprint density at radius 2 is 1.69 bits per heavy atom. The molecule has 7 heteroatoms. The number of amides is 1. The van der Waals surface area contributed by atoms with Crippen LogP contribution in [0.15, 0.2) is 78.2 Å². The van der Waals surface area contributed by atoms with E-state index in [1.54, 1.807) is 47.8 Å². The van der Waals surface area contributed by atoms with E-state index in [0.29, 0.717) is 42.9 Å². The topological polar surface area (TPSA) is 72.3 Å². The van der Waals surface area contributed by atoms with Crippen LogP contribution in [0.5, 0.6) is 0 Å². The first-order chi connectivity index (χ1) is 14.0. The highest BCUT2D eigenvalue weighted by atomic mass is 32.2. The van der Waals surface area contributed by atoms with E-state index in [-0.39, 0.29) is 5.91 Å². The molecule has 1 fully saturated rings. The van der Waals surface area contributed by atoms with Crippen LogP contribution in [0.2, 0.25) is 0 Å². The van der Waals surface area contributed by atoms with Crippen molar-refractivity contribution in [1.82, 2.24) is 14.5 Å². The van der Waals surface area contributed by atoms with E-state index in [1.807, 2.05) is 35.0 Å². The van der Waals surface area contributed by atoms with Crippen LogP contribution in [0.1, 0.15) is 28.8 Å². The summed E-state index contributed by atoms with van der Waals surface area (Å²) in [5, 5.41) is -0.438. The Balaban J connectivity index is 1.38. The van der Waals surface area contributed by atoms with Crippen molar-refractivity contribution in [3.8, 4) is 0 Å². The summed E-state index contributed by atoms with van der Waals surface area (Å²) in [6.07, 6.45) is 6.31. The van der Waals surface area contributed by atoms with Gasteiger partial charge in [0, 0.05) is 37.6 Å². The van der Waals surface area contributed by atoms with Crippen molar-refractivity contribution in [3.05, 3.63) is 84.4 Å². The first kappa shape index (κ1) is 19.4. The van der Waals surface area contributed by atoms with Gasteiger partial charge in [-0.25, -0.2) is 13.4 Å². The minimum atomic E-state index is -3.35. The Hall–Kier alpha value is -2.93. The third-order valence-corrected chi connectivity index (χ3v) is 7.64. The lowest BCUT2D eigenvalue weighted by atomic mass is 10.1. The molecule has 0 N–H and O–H groups in total. The average Bonchev–Trinajstić information content (AvgIpc) is 3.27. The molecule has 0 atom stereocenters. The van der Waals surface area contributed by atoms with Crippen LogP contribution in [-0.2, 0) is 16.4 Å². The molecule has 1 aromatic heterocycles. The van der Waals surface area contributed by atoms with Gasteiger partial charge in [0.2, 0.25) is 0 Å². The normalized spacial score (nSPS) is 15.4. The highest BCUT2D eigenvalue weighted by molar-refractivity contribution is 7.92. The van der Waals surface area contributed by atoms with Gasteiger partial charge >= 0.3 is 0 Å². The van der Waals surface area contributed by atoms with Gasteiger partial charge in [0.25, 0.3) is 5.91 Å². The monoisotopic (exact) mass is 409 g/mol. The van der Waals surface area contributed by atoms with Gasteiger partial charge in [-0.05, 0) is 42.7 Å². The summed E-state index contributed by atoms with van der Waals surface area (Å²) in [7, 11) is -3.35. The predicted octanol–water partition coefficient (Wildman–Crippen LogP) is 3.01. The quantitative estimate of drug-likeness (QED) is 0.649.